The number of carbonyl (C=O) groups excluding carboxylic acids is 2. The number of fused-ring (bicyclic) bond motifs is 1. The van der Waals surface area contributed by atoms with Crippen LogP contribution in [0.3, 0.4) is 0 Å². The van der Waals surface area contributed by atoms with E-state index >= 15 is 0 Å². The van der Waals surface area contributed by atoms with Gasteiger partial charge in [-0.1, -0.05) is 6.92 Å². The molecule has 0 unspecified atom stereocenters. The first kappa shape index (κ1) is 25.4. The van der Waals surface area contributed by atoms with Crippen LogP contribution >= 0.6 is 0 Å². The minimum absolute atomic E-state index is 0.0362. The lowest BCUT2D eigenvalue weighted by atomic mass is 9.97. The number of nitrogens with zero attached hydrogens (tertiary/aromatic N) is 3. The summed E-state index contributed by atoms with van der Waals surface area (Å²) in [7, 11) is -2.03. The minimum atomic E-state index is -3.74. The number of hydrogen-bond acceptors (Lipinski definition) is 6. The smallest absolute Gasteiger partial charge is 0.310 e. The number of esters is 1. The van der Waals surface area contributed by atoms with E-state index in [1.807, 2.05) is 0 Å². The summed E-state index contributed by atoms with van der Waals surface area (Å²) in [6.07, 6.45) is 4.36. The van der Waals surface area contributed by atoms with Gasteiger partial charge in [-0.25, -0.2) is 8.42 Å². The zero-order chi connectivity index (χ0) is 25.3. The molecule has 2 saturated heterocycles. The third-order valence-corrected chi connectivity index (χ3v) is 8.99. The van der Waals surface area contributed by atoms with Crippen LogP contribution in [0, 0.1) is 11.8 Å². The Hall–Kier alpha value is -2.72. The number of carbonyl (C=O) groups is 2. The van der Waals surface area contributed by atoms with Crippen molar-refractivity contribution >= 4 is 32.8 Å². The van der Waals surface area contributed by atoms with Gasteiger partial charge < -0.3 is 14.2 Å². The molecule has 3 heterocycles. The van der Waals surface area contributed by atoms with Crippen molar-refractivity contribution in [3.05, 3.63) is 40.2 Å². The standard InChI is InChI=1S/C25H33N3O6S/c1-4-34-25(31)18-6-5-11-27(15-18)24(30)21-16-26(3)22-8-7-19(14-20(22)23(21)29)35(32,33)28-12-9-17(2)10-13-28/h7-8,14,16-18H,4-6,9-13,15H2,1-3H3/t18-/m1/s1. The third kappa shape index (κ3) is 4.99. The lowest BCUT2D eigenvalue weighted by molar-refractivity contribution is -0.149. The molecule has 2 aliphatic heterocycles. The maximum Gasteiger partial charge on any atom is 0.310 e. The van der Waals surface area contributed by atoms with Crippen LogP contribution in [0.1, 0.15) is 49.9 Å². The largest absolute Gasteiger partial charge is 0.466 e. The van der Waals surface area contributed by atoms with E-state index in [2.05, 4.69) is 6.92 Å². The van der Waals surface area contributed by atoms with Crippen molar-refractivity contribution in [2.24, 2.45) is 18.9 Å². The first-order valence-electron chi connectivity index (χ1n) is 12.2. The average molecular weight is 504 g/mol. The highest BCUT2D eigenvalue weighted by atomic mass is 32.2. The van der Waals surface area contributed by atoms with Crippen molar-refractivity contribution < 1.29 is 22.7 Å². The Morgan fingerprint density at radius 2 is 1.83 bits per heavy atom. The Kier molecular flexibility index (Phi) is 7.32. The predicted molar refractivity (Wildman–Crippen MR) is 132 cm³/mol. The van der Waals surface area contributed by atoms with E-state index in [4.69, 9.17) is 4.74 Å². The Balaban J connectivity index is 1.67. The molecule has 0 spiro atoms. The number of aromatic nitrogens is 1. The fourth-order valence-electron chi connectivity index (χ4n) is 4.94. The predicted octanol–water partition coefficient (Wildman–Crippen LogP) is 2.37. The fraction of sp³-hybridized carbons (Fsp3) is 0.560. The highest BCUT2D eigenvalue weighted by Crippen LogP contribution is 2.26. The van der Waals surface area contributed by atoms with Crippen molar-refractivity contribution in [3.63, 3.8) is 0 Å². The first-order chi connectivity index (χ1) is 16.6. The van der Waals surface area contributed by atoms with Gasteiger partial charge in [0.2, 0.25) is 15.5 Å². The maximum atomic E-state index is 13.4. The molecular formula is C25H33N3O6S. The van der Waals surface area contributed by atoms with Gasteiger partial charge >= 0.3 is 5.97 Å². The van der Waals surface area contributed by atoms with Crippen molar-refractivity contribution in [1.29, 1.82) is 0 Å². The Morgan fingerprint density at radius 1 is 1.11 bits per heavy atom. The van der Waals surface area contributed by atoms with Gasteiger partial charge in [0, 0.05) is 44.8 Å². The van der Waals surface area contributed by atoms with Gasteiger partial charge in [0.15, 0.2) is 0 Å². The zero-order valence-electron chi connectivity index (χ0n) is 20.5. The van der Waals surface area contributed by atoms with Crippen LogP contribution in [0.25, 0.3) is 10.9 Å². The zero-order valence-corrected chi connectivity index (χ0v) is 21.3. The molecule has 0 N–H and O–H groups in total. The molecule has 2 aromatic rings. The van der Waals surface area contributed by atoms with E-state index in [-0.39, 0.29) is 35.0 Å². The monoisotopic (exact) mass is 503 g/mol. The molecule has 10 heteroatoms. The Bertz CT molecular complexity index is 1290. The number of aryl methyl sites for hydroxylation is 1. The summed E-state index contributed by atoms with van der Waals surface area (Å²) >= 11 is 0. The Morgan fingerprint density at radius 3 is 2.51 bits per heavy atom. The first-order valence-corrected chi connectivity index (χ1v) is 13.7. The number of pyridine rings is 1. The van der Waals surface area contributed by atoms with Gasteiger partial charge in [0.05, 0.1) is 22.9 Å². The van der Waals surface area contributed by atoms with E-state index in [1.165, 1.54) is 27.5 Å². The van der Waals surface area contributed by atoms with Crippen LogP contribution in [-0.4, -0.2) is 66.9 Å². The van der Waals surface area contributed by atoms with Crippen molar-refractivity contribution in [3.8, 4) is 0 Å². The molecule has 1 aromatic heterocycles. The van der Waals surface area contributed by atoms with Gasteiger partial charge in [-0.2, -0.15) is 4.31 Å². The molecule has 1 amide bonds. The molecular weight excluding hydrogens is 470 g/mol. The highest BCUT2D eigenvalue weighted by molar-refractivity contribution is 7.89. The second-order valence-electron chi connectivity index (χ2n) is 9.59. The third-order valence-electron chi connectivity index (χ3n) is 7.10. The second kappa shape index (κ2) is 10.1. The molecule has 190 valence electrons. The number of sulfonamides is 1. The van der Waals surface area contributed by atoms with Gasteiger partial charge in [0.25, 0.3) is 5.91 Å². The minimum Gasteiger partial charge on any atom is -0.466 e. The van der Waals surface area contributed by atoms with Gasteiger partial charge in [-0.05, 0) is 56.7 Å². The van der Waals surface area contributed by atoms with Gasteiger partial charge in [-0.15, -0.1) is 0 Å². The van der Waals surface area contributed by atoms with Crippen molar-refractivity contribution in [2.75, 3.05) is 32.8 Å². The molecule has 9 nitrogen and oxygen atoms in total. The van der Waals surface area contributed by atoms with E-state index < -0.39 is 27.3 Å². The number of ether oxygens (including phenoxy) is 1. The topological polar surface area (TPSA) is 106 Å². The highest BCUT2D eigenvalue weighted by Gasteiger charge is 2.32. The number of benzene rings is 1. The molecule has 0 saturated carbocycles. The van der Waals surface area contributed by atoms with Crippen LogP contribution in [0.4, 0.5) is 0 Å². The van der Waals surface area contributed by atoms with Crippen molar-refractivity contribution in [1.82, 2.24) is 13.8 Å². The summed E-state index contributed by atoms with van der Waals surface area (Å²) in [5, 5.41) is 0.184. The van der Waals surface area contributed by atoms with Crippen LogP contribution in [-0.2, 0) is 26.6 Å². The van der Waals surface area contributed by atoms with Gasteiger partial charge in [0.1, 0.15) is 5.56 Å². The molecule has 4 rings (SSSR count). The second-order valence-corrected chi connectivity index (χ2v) is 11.5. The molecule has 35 heavy (non-hydrogen) atoms. The summed E-state index contributed by atoms with van der Waals surface area (Å²) < 4.78 is 34.7. The maximum absolute atomic E-state index is 13.4. The van der Waals surface area contributed by atoms with E-state index in [9.17, 15) is 22.8 Å². The summed E-state index contributed by atoms with van der Waals surface area (Å²) in [5.41, 5.74) is -0.00246. The lowest BCUT2D eigenvalue weighted by Crippen LogP contribution is -2.44. The number of likely N-dealkylation sites (tertiary alicyclic amines) is 1. The lowest BCUT2D eigenvalue weighted by Gasteiger charge is -2.31. The van der Waals surface area contributed by atoms with Crippen molar-refractivity contribution in [2.45, 2.75) is 44.4 Å². The van der Waals surface area contributed by atoms with E-state index in [1.54, 1.807) is 24.6 Å². The molecule has 0 radical (unpaired) electrons. The van der Waals surface area contributed by atoms with Crippen LogP contribution < -0.4 is 5.43 Å². The Labute approximate surface area is 205 Å². The molecule has 2 aliphatic rings. The number of amides is 1. The van der Waals surface area contributed by atoms with Crippen LogP contribution in [0.5, 0.6) is 0 Å². The van der Waals surface area contributed by atoms with Gasteiger partial charge in [-0.3, -0.25) is 14.4 Å². The quantitative estimate of drug-likeness (QED) is 0.580. The molecule has 0 bridgehead atoms. The number of hydrogen-bond donors (Lipinski definition) is 0. The molecule has 1 atom stereocenters. The molecule has 2 fully saturated rings. The number of piperidine rings is 2. The summed E-state index contributed by atoms with van der Waals surface area (Å²) in [5.74, 6) is -0.726. The van der Waals surface area contributed by atoms with Crippen LogP contribution in [0.15, 0.2) is 34.1 Å². The molecule has 0 aliphatic carbocycles. The number of rotatable bonds is 5. The fourth-order valence-corrected chi connectivity index (χ4v) is 6.44. The van der Waals surface area contributed by atoms with Crippen LogP contribution in [0.2, 0.25) is 0 Å². The SMILES string of the molecule is CCOC(=O)[C@@H]1CCCN(C(=O)c2cn(C)c3ccc(S(=O)(=O)N4CCC(C)CC4)cc3c2=O)C1. The average Bonchev–Trinajstić information content (AvgIpc) is 2.86. The normalized spacial score (nSPS) is 20.2. The van der Waals surface area contributed by atoms with E-state index in [0.29, 0.717) is 43.9 Å². The summed E-state index contributed by atoms with van der Waals surface area (Å²) in [4.78, 5) is 40.5. The molecule has 1 aromatic carbocycles. The summed E-state index contributed by atoms with van der Waals surface area (Å²) in [6.45, 7) is 5.67. The van der Waals surface area contributed by atoms with E-state index in [0.717, 1.165) is 12.8 Å². The summed E-state index contributed by atoms with van der Waals surface area (Å²) in [6, 6.07) is 4.52.